The lowest BCUT2D eigenvalue weighted by Crippen LogP contribution is -2.46. The van der Waals surface area contributed by atoms with E-state index in [0.717, 1.165) is 18.7 Å². The topological polar surface area (TPSA) is 114 Å². The molecule has 0 aliphatic carbocycles. The smallest absolute Gasteiger partial charge is 0.296 e. The number of nitrogens with zero attached hydrogens (tertiary/aromatic N) is 8. The lowest BCUT2D eigenvalue weighted by atomic mass is 10.2. The highest BCUT2D eigenvalue weighted by atomic mass is 19.3. The van der Waals surface area contributed by atoms with E-state index >= 15 is 0 Å². The van der Waals surface area contributed by atoms with Crippen molar-refractivity contribution in [3.63, 3.8) is 0 Å². The predicted molar refractivity (Wildman–Crippen MR) is 165 cm³/mol. The fourth-order valence-corrected chi connectivity index (χ4v) is 5.58. The van der Waals surface area contributed by atoms with Crippen LogP contribution in [0.5, 0.6) is 0 Å². The van der Waals surface area contributed by atoms with Crippen LogP contribution in [-0.4, -0.2) is 112 Å². The molecule has 3 aromatic heterocycles. The molecule has 1 N–H and O–H groups in total. The highest BCUT2D eigenvalue weighted by Crippen LogP contribution is 2.29. The van der Waals surface area contributed by atoms with Gasteiger partial charge in [-0.1, -0.05) is 12.1 Å². The number of halogens is 2. The maximum Gasteiger partial charge on any atom is 0.296 e. The Labute approximate surface area is 260 Å². The van der Waals surface area contributed by atoms with Crippen LogP contribution in [0.2, 0.25) is 0 Å². The van der Waals surface area contributed by atoms with E-state index in [9.17, 15) is 13.6 Å². The first kappa shape index (κ1) is 30.7. The van der Waals surface area contributed by atoms with Crippen molar-refractivity contribution in [2.45, 2.75) is 25.9 Å². The zero-order chi connectivity index (χ0) is 31.2. The number of pyridine rings is 1. The third-order valence-electron chi connectivity index (χ3n) is 7.99. The fourth-order valence-electron chi connectivity index (χ4n) is 5.58. The van der Waals surface area contributed by atoms with Crippen molar-refractivity contribution in [3.8, 4) is 5.82 Å². The number of alkyl halides is 2. The second-order valence-electron chi connectivity index (χ2n) is 11.0. The Morgan fingerprint density at radius 2 is 1.64 bits per heavy atom. The number of hydrogen-bond donors (Lipinski definition) is 1. The highest BCUT2D eigenvalue weighted by Gasteiger charge is 2.26. The number of amides is 1. The lowest BCUT2D eigenvalue weighted by molar-refractivity contribution is -0.132. The molecule has 12 nitrogen and oxygen atoms in total. The zero-order valence-corrected chi connectivity index (χ0v) is 25.2. The predicted octanol–water partition coefficient (Wildman–Crippen LogP) is 3.15. The molecule has 2 fully saturated rings. The van der Waals surface area contributed by atoms with Gasteiger partial charge in [0.2, 0.25) is 11.9 Å². The van der Waals surface area contributed by atoms with E-state index in [2.05, 4.69) is 25.2 Å². The summed E-state index contributed by atoms with van der Waals surface area (Å²) in [6.45, 7) is 8.59. The molecule has 45 heavy (non-hydrogen) atoms. The van der Waals surface area contributed by atoms with Crippen LogP contribution < -0.4 is 10.2 Å². The first-order valence-electron chi connectivity index (χ1n) is 15.2. The summed E-state index contributed by atoms with van der Waals surface area (Å²) in [5, 5.41) is 3.19. The first-order valence-corrected chi connectivity index (χ1v) is 15.2. The van der Waals surface area contributed by atoms with Gasteiger partial charge >= 0.3 is 0 Å². The van der Waals surface area contributed by atoms with Crippen LogP contribution in [0.3, 0.4) is 0 Å². The van der Waals surface area contributed by atoms with E-state index in [1.165, 1.54) is 4.57 Å². The van der Waals surface area contributed by atoms with E-state index in [-0.39, 0.29) is 17.7 Å². The molecule has 0 saturated carbocycles. The summed E-state index contributed by atoms with van der Waals surface area (Å²) in [6, 6.07) is 11.7. The Morgan fingerprint density at radius 1 is 0.956 bits per heavy atom. The molecule has 14 heteroatoms. The van der Waals surface area contributed by atoms with Gasteiger partial charge in [0.1, 0.15) is 17.7 Å². The summed E-state index contributed by atoms with van der Waals surface area (Å²) in [6.07, 6.45) is 0.591. The number of aromatic nitrogens is 5. The monoisotopic (exact) mass is 621 g/mol. The van der Waals surface area contributed by atoms with Crippen LogP contribution in [0.4, 0.5) is 20.5 Å². The summed E-state index contributed by atoms with van der Waals surface area (Å²) in [5.41, 5.74) is 1.90. The molecule has 2 aliphatic rings. The Hall–Kier alpha value is -4.27. The number of hydrogen-bond acceptors (Lipinski definition) is 10. The zero-order valence-electron chi connectivity index (χ0n) is 25.2. The number of imidazole rings is 1. The van der Waals surface area contributed by atoms with Crippen molar-refractivity contribution in [2.24, 2.45) is 0 Å². The van der Waals surface area contributed by atoms with Gasteiger partial charge in [0.15, 0.2) is 5.82 Å². The van der Waals surface area contributed by atoms with Crippen LogP contribution >= 0.6 is 0 Å². The summed E-state index contributed by atoms with van der Waals surface area (Å²) in [4.78, 5) is 37.7. The number of para-hydroxylation sites is 2. The Balaban J connectivity index is 1.30. The normalized spacial score (nSPS) is 16.7. The van der Waals surface area contributed by atoms with Crippen LogP contribution in [0.25, 0.3) is 16.9 Å². The molecule has 0 radical (unpaired) electrons. The quantitative estimate of drug-likeness (QED) is 0.268. The van der Waals surface area contributed by atoms with Crippen LogP contribution in [0.15, 0.2) is 54.9 Å². The second kappa shape index (κ2) is 14.2. The number of carbonyl (C=O) groups excluding carboxylic acids is 1. The van der Waals surface area contributed by atoms with Gasteiger partial charge in [-0.25, -0.2) is 13.8 Å². The number of rotatable bonds is 11. The molecule has 0 spiro atoms. The van der Waals surface area contributed by atoms with Crippen molar-refractivity contribution >= 4 is 28.7 Å². The molecule has 5 heterocycles. The lowest BCUT2D eigenvalue weighted by Gasteiger charge is -2.31. The summed E-state index contributed by atoms with van der Waals surface area (Å²) < 4.78 is 40.9. The second-order valence-corrected chi connectivity index (χ2v) is 11.0. The Bertz CT molecular complexity index is 1580. The number of morpholine rings is 2. The molecule has 0 bridgehead atoms. The average molecular weight is 622 g/mol. The largest absolute Gasteiger partial charge is 0.379 e. The van der Waals surface area contributed by atoms with Gasteiger partial charge in [0, 0.05) is 64.3 Å². The first-order chi connectivity index (χ1) is 22.0. The maximum atomic E-state index is 14.3. The van der Waals surface area contributed by atoms with Crippen molar-refractivity contribution in [1.82, 2.24) is 34.3 Å². The molecule has 4 aromatic rings. The molecular weight excluding hydrogens is 584 g/mol. The van der Waals surface area contributed by atoms with Gasteiger partial charge < -0.3 is 24.6 Å². The molecule has 238 valence electrons. The third-order valence-corrected chi connectivity index (χ3v) is 7.99. The van der Waals surface area contributed by atoms with Crippen molar-refractivity contribution in [1.29, 1.82) is 0 Å². The number of carbonyl (C=O) groups is 1. The minimum atomic E-state index is -2.83. The van der Waals surface area contributed by atoms with E-state index in [4.69, 9.17) is 14.5 Å². The molecule has 1 aromatic carbocycles. The number of ether oxygens (including phenoxy) is 2. The SMILES string of the molecule is C[C@H](Nc1nc(N2CCOCC2)cc(-n2c(C(F)F)nc3ccccc32)n1)C(=O)N(CCN1CCOCC1)Cc1ccncc1. The number of benzene rings is 1. The van der Waals surface area contributed by atoms with E-state index in [0.29, 0.717) is 76.0 Å². The van der Waals surface area contributed by atoms with Gasteiger partial charge in [-0.3, -0.25) is 19.2 Å². The van der Waals surface area contributed by atoms with Gasteiger partial charge in [-0.2, -0.15) is 9.97 Å². The average Bonchev–Trinajstić information content (AvgIpc) is 3.48. The molecule has 2 aliphatic heterocycles. The van der Waals surface area contributed by atoms with Crippen LogP contribution in [-0.2, 0) is 20.8 Å². The van der Waals surface area contributed by atoms with Crippen molar-refractivity contribution in [2.75, 3.05) is 75.9 Å². The van der Waals surface area contributed by atoms with Crippen LogP contribution in [0.1, 0.15) is 24.7 Å². The highest BCUT2D eigenvalue weighted by molar-refractivity contribution is 5.84. The molecule has 1 amide bonds. The fraction of sp³-hybridized carbons (Fsp3) is 0.452. The van der Waals surface area contributed by atoms with Crippen molar-refractivity contribution in [3.05, 3.63) is 66.2 Å². The minimum Gasteiger partial charge on any atom is -0.379 e. The molecular formula is C31H37F2N9O3. The van der Waals surface area contributed by atoms with Gasteiger partial charge in [-0.05, 0) is 36.8 Å². The van der Waals surface area contributed by atoms with E-state index < -0.39 is 18.3 Å². The van der Waals surface area contributed by atoms with Gasteiger partial charge in [0.05, 0.1) is 37.5 Å². The minimum absolute atomic E-state index is 0.136. The third kappa shape index (κ3) is 7.35. The Morgan fingerprint density at radius 3 is 2.38 bits per heavy atom. The molecule has 6 rings (SSSR count). The van der Waals surface area contributed by atoms with E-state index in [1.54, 1.807) is 49.6 Å². The van der Waals surface area contributed by atoms with Gasteiger partial charge in [0.25, 0.3) is 6.43 Å². The number of nitrogens with one attached hydrogen (secondary N) is 1. The van der Waals surface area contributed by atoms with Crippen molar-refractivity contribution < 1.29 is 23.0 Å². The van der Waals surface area contributed by atoms with Crippen LogP contribution in [0, 0.1) is 0 Å². The Kier molecular flexibility index (Phi) is 9.72. The molecule has 1 atom stereocenters. The number of anilines is 2. The van der Waals surface area contributed by atoms with E-state index in [1.807, 2.05) is 21.9 Å². The maximum absolute atomic E-state index is 14.3. The standard InChI is InChI=1S/C31H37F2N9O3/c1-22(30(43)41(21-23-6-8-34-9-7-23)11-10-39-12-16-44-17-13-39)35-31-37-26(40-14-18-45-19-15-40)20-27(38-31)42-25-5-3-2-4-24(25)36-29(42)28(32)33/h2-9,20,22,28H,10-19,21H2,1H3,(H,35,37,38)/t22-/m0/s1. The summed E-state index contributed by atoms with van der Waals surface area (Å²) >= 11 is 0. The van der Waals surface area contributed by atoms with Gasteiger partial charge in [-0.15, -0.1) is 0 Å². The summed E-state index contributed by atoms with van der Waals surface area (Å²) in [5.74, 6) is 0.390. The molecule has 2 saturated heterocycles. The molecule has 0 unspecified atom stereocenters. The number of fused-ring (bicyclic) bond motifs is 1. The summed E-state index contributed by atoms with van der Waals surface area (Å²) in [7, 11) is 0.